The molecule has 0 aromatic carbocycles. The second-order valence-corrected chi connectivity index (χ2v) is 4.63. The van der Waals surface area contributed by atoms with Gasteiger partial charge in [0.25, 0.3) is 0 Å². The molecule has 1 saturated heterocycles. The highest BCUT2D eigenvalue weighted by Crippen LogP contribution is 2.24. The number of hydrogen-bond donors (Lipinski definition) is 2. The number of carbonyl (C=O) groups excluding carboxylic acids is 2. The molecule has 1 saturated carbocycles. The van der Waals surface area contributed by atoms with Crippen molar-refractivity contribution >= 4 is 11.9 Å². The van der Waals surface area contributed by atoms with E-state index in [0.29, 0.717) is 12.1 Å². The highest BCUT2D eigenvalue weighted by molar-refractivity contribution is 5.76. The fourth-order valence-corrected chi connectivity index (χ4v) is 2.65. The molecular formula is C11H19N3O2. The maximum Gasteiger partial charge on any atom is 0.317 e. The average Bonchev–Trinajstić information content (AvgIpc) is 2.65. The first kappa shape index (κ1) is 11.2. The van der Waals surface area contributed by atoms with E-state index in [1.165, 1.54) is 0 Å². The van der Waals surface area contributed by atoms with Crippen LogP contribution >= 0.6 is 0 Å². The van der Waals surface area contributed by atoms with Crippen LogP contribution < -0.4 is 10.6 Å². The van der Waals surface area contributed by atoms with Crippen molar-refractivity contribution in [3.05, 3.63) is 0 Å². The van der Waals surface area contributed by atoms with Crippen molar-refractivity contribution in [3.8, 4) is 0 Å². The first-order valence-electron chi connectivity index (χ1n) is 5.98. The van der Waals surface area contributed by atoms with Gasteiger partial charge in [0, 0.05) is 32.1 Å². The highest BCUT2D eigenvalue weighted by atomic mass is 16.2. The molecule has 3 amide bonds. The van der Waals surface area contributed by atoms with Gasteiger partial charge in [-0.25, -0.2) is 4.79 Å². The Balaban J connectivity index is 1.80. The predicted molar refractivity (Wildman–Crippen MR) is 60.0 cm³/mol. The SMILES string of the molecule is CC(=O)NC1CCC(N2CCNC2=O)CC1. The first-order valence-corrected chi connectivity index (χ1v) is 5.98. The molecule has 1 aliphatic carbocycles. The summed E-state index contributed by atoms with van der Waals surface area (Å²) in [7, 11) is 0. The second kappa shape index (κ2) is 4.72. The molecule has 2 rings (SSSR count). The van der Waals surface area contributed by atoms with Gasteiger partial charge in [-0.1, -0.05) is 0 Å². The molecule has 0 spiro atoms. The van der Waals surface area contributed by atoms with Crippen LogP contribution in [0.3, 0.4) is 0 Å². The average molecular weight is 225 g/mol. The normalized spacial score (nSPS) is 30.1. The lowest BCUT2D eigenvalue weighted by atomic mass is 9.90. The first-order chi connectivity index (χ1) is 7.66. The molecule has 0 radical (unpaired) electrons. The topological polar surface area (TPSA) is 61.4 Å². The molecule has 2 aliphatic rings. The van der Waals surface area contributed by atoms with Gasteiger partial charge in [-0.15, -0.1) is 0 Å². The summed E-state index contributed by atoms with van der Waals surface area (Å²) in [6.45, 7) is 3.15. The van der Waals surface area contributed by atoms with Gasteiger partial charge in [-0.2, -0.15) is 0 Å². The van der Waals surface area contributed by atoms with E-state index in [2.05, 4.69) is 10.6 Å². The second-order valence-electron chi connectivity index (χ2n) is 4.63. The summed E-state index contributed by atoms with van der Waals surface area (Å²) in [6.07, 6.45) is 3.96. The van der Waals surface area contributed by atoms with Crippen molar-refractivity contribution in [2.45, 2.75) is 44.7 Å². The lowest BCUT2D eigenvalue weighted by Gasteiger charge is -2.34. The van der Waals surface area contributed by atoms with Crippen molar-refractivity contribution < 1.29 is 9.59 Å². The van der Waals surface area contributed by atoms with Crippen LogP contribution in [-0.2, 0) is 4.79 Å². The number of nitrogens with zero attached hydrogens (tertiary/aromatic N) is 1. The van der Waals surface area contributed by atoms with Crippen LogP contribution in [0.2, 0.25) is 0 Å². The summed E-state index contributed by atoms with van der Waals surface area (Å²) >= 11 is 0. The Hall–Kier alpha value is -1.26. The van der Waals surface area contributed by atoms with Crippen LogP contribution in [0.5, 0.6) is 0 Å². The van der Waals surface area contributed by atoms with Gasteiger partial charge in [0.15, 0.2) is 0 Å². The third-order valence-corrected chi connectivity index (χ3v) is 3.43. The molecule has 0 aromatic rings. The zero-order valence-electron chi connectivity index (χ0n) is 9.66. The quantitative estimate of drug-likeness (QED) is 0.717. The number of nitrogens with one attached hydrogen (secondary N) is 2. The van der Waals surface area contributed by atoms with Crippen LogP contribution in [0, 0.1) is 0 Å². The molecule has 2 N–H and O–H groups in total. The predicted octanol–water partition coefficient (Wildman–Crippen LogP) is 0.459. The molecule has 1 aliphatic heterocycles. The molecule has 1 heterocycles. The van der Waals surface area contributed by atoms with E-state index in [1.807, 2.05) is 4.90 Å². The Bertz CT molecular complexity index is 285. The van der Waals surface area contributed by atoms with E-state index in [-0.39, 0.29) is 11.9 Å². The Labute approximate surface area is 95.6 Å². The molecule has 0 aromatic heterocycles. The Morgan fingerprint density at radius 1 is 1.38 bits per heavy atom. The molecular weight excluding hydrogens is 206 g/mol. The van der Waals surface area contributed by atoms with Crippen LogP contribution in [0.1, 0.15) is 32.6 Å². The molecule has 0 atom stereocenters. The van der Waals surface area contributed by atoms with Gasteiger partial charge in [-0.3, -0.25) is 4.79 Å². The minimum Gasteiger partial charge on any atom is -0.354 e. The number of amides is 3. The van der Waals surface area contributed by atoms with Gasteiger partial charge in [-0.05, 0) is 25.7 Å². The molecule has 5 nitrogen and oxygen atoms in total. The van der Waals surface area contributed by atoms with E-state index in [0.717, 1.165) is 38.8 Å². The maximum atomic E-state index is 11.5. The minimum absolute atomic E-state index is 0.0439. The third kappa shape index (κ3) is 2.46. The summed E-state index contributed by atoms with van der Waals surface area (Å²) < 4.78 is 0. The van der Waals surface area contributed by atoms with E-state index in [4.69, 9.17) is 0 Å². The van der Waals surface area contributed by atoms with E-state index < -0.39 is 0 Å². The van der Waals surface area contributed by atoms with Crippen molar-refractivity contribution in [3.63, 3.8) is 0 Å². The third-order valence-electron chi connectivity index (χ3n) is 3.43. The summed E-state index contributed by atoms with van der Waals surface area (Å²) in [4.78, 5) is 24.3. The largest absolute Gasteiger partial charge is 0.354 e. The molecule has 2 fully saturated rings. The Morgan fingerprint density at radius 2 is 2.06 bits per heavy atom. The van der Waals surface area contributed by atoms with E-state index in [9.17, 15) is 9.59 Å². The fourth-order valence-electron chi connectivity index (χ4n) is 2.65. The lowest BCUT2D eigenvalue weighted by molar-refractivity contribution is -0.119. The van der Waals surface area contributed by atoms with E-state index >= 15 is 0 Å². The lowest BCUT2D eigenvalue weighted by Crippen LogP contribution is -2.44. The number of rotatable bonds is 2. The van der Waals surface area contributed by atoms with Gasteiger partial charge in [0.1, 0.15) is 0 Å². The molecule has 90 valence electrons. The fraction of sp³-hybridized carbons (Fsp3) is 0.818. The van der Waals surface area contributed by atoms with Crippen LogP contribution in [0.15, 0.2) is 0 Å². The van der Waals surface area contributed by atoms with Crippen LogP contribution in [-0.4, -0.2) is 42.0 Å². The van der Waals surface area contributed by atoms with Gasteiger partial charge in [0.05, 0.1) is 0 Å². The van der Waals surface area contributed by atoms with Crippen molar-refractivity contribution in [2.75, 3.05) is 13.1 Å². The molecule has 16 heavy (non-hydrogen) atoms. The maximum absolute atomic E-state index is 11.5. The minimum atomic E-state index is 0.0439. The van der Waals surface area contributed by atoms with Crippen molar-refractivity contribution in [2.24, 2.45) is 0 Å². The van der Waals surface area contributed by atoms with E-state index in [1.54, 1.807) is 6.92 Å². The summed E-state index contributed by atoms with van der Waals surface area (Å²) in [5.74, 6) is 0.0439. The smallest absolute Gasteiger partial charge is 0.317 e. The Morgan fingerprint density at radius 3 is 2.56 bits per heavy atom. The van der Waals surface area contributed by atoms with Gasteiger partial charge in [0.2, 0.25) is 5.91 Å². The van der Waals surface area contributed by atoms with Crippen LogP contribution in [0.25, 0.3) is 0 Å². The summed E-state index contributed by atoms with van der Waals surface area (Å²) in [6, 6.07) is 0.745. The monoisotopic (exact) mass is 225 g/mol. The standard InChI is InChI=1S/C11H19N3O2/c1-8(15)13-9-2-4-10(5-3-9)14-7-6-12-11(14)16/h9-10H,2-7H2,1H3,(H,12,16)(H,13,15). The number of hydrogen-bond acceptors (Lipinski definition) is 2. The summed E-state index contributed by atoms with van der Waals surface area (Å²) in [5, 5.41) is 5.77. The van der Waals surface area contributed by atoms with Crippen LogP contribution in [0.4, 0.5) is 4.79 Å². The Kier molecular flexibility index (Phi) is 3.31. The number of urea groups is 1. The molecule has 5 heteroatoms. The van der Waals surface area contributed by atoms with Crippen molar-refractivity contribution in [1.82, 2.24) is 15.5 Å². The molecule has 0 unspecified atom stereocenters. The molecule has 0 bridgehead atoms. The zero-order valence-corrected chi connectivity index (χ0v) is 9.66. The highest BCUT2D eigenvalue weighted by Gasteiger charge is 2.31. The summed E-state index contributed by atoms with van der Waals surface area (Å²) in [5.41, 5.74) is 0. The van der Waals surface area contributed by atoms with Crippen molar-refractivity contribution in [1.29, 1.82) is 0 Å². The van der Waals surface area contributed by atoms with Gasteiger partial charge >= 0.3 is 6.03 Å². The van der Waals surface area contributed by atoms with Gasteiger partial charge < -0.3 is 15.5 Å². The zero-order chi connectivity index (χ0) is 11.5. The number of carbonyl (C=O) groups is 2.